The lowest BCUT2D eigenvalue weighted by Gasteiger charge is -2.17. The van der Waals surface area contributed by atoms with Gasteiger partial charge in [-0.05, 0) is 37.5 Å². The molecule has 5 atom stereocenters. The van der Waals surface area contributed by atoms with Gasteiger partial charge in [-0.2, -0.15) is 0 Å². The Morgan fingerprint density at radius 3 is 2.84 bits per heavy atom. The summed E-state index contributed by atoms with van der Waals surface area (Å²) in [5, 5.41) is 3.89. The zero-order valence-electron chi connectivity index (χ0n) is 11.0. The van der Waals surface area contributed by atoms with E-state index < -0.39 is 0 Å². The van der Waals surface area contributed by atoms with Gasteiger partial charge in [0.15, 0.2) is 5.17 Å². The second kappa shape index (κ2) is 4.77. The van der Waals surface area contributed by atoms with Crippen molar-refractivity contribution < 1.29 is 9.53 Å². The number of fused-ring (bicyclic) bond motifs is 2. The van der Waals surface area contributed by atoms with Crippen LogP contribution in [0.25, 0.3) is 0 Å². The summed E-state index contributed by atoms with van der Waals surface area (Å²) in [5.41, 5.74) is 0. The number of rotatable bonds is 2. The summed E-state index contributed by atoms with van der Waals surface area (Å²) in [6, 6.07) is 0.472. The topological polar surface area (TPSA) is 50.7 Å². The molecule has 0 aromatic carbocycles. The molecule has 2 saturated heterocycles. The third kappa shape index (κ3) is 2.21. The number of ether oxygens (including phenoxy) is 1. The van der Waals surface area contributed by atoms with Crippen molar-refractivity contribution in [3.8, 4) is 0 Å². The van der Waals surface area contributed by atoms with Crippen LogP contribution in [0.15, 0.2) is 4.99 Å². The van der Waals surface area contributed by atoms with E-state index in [1.807, 2.05) is 0 Å². The van der Waals surface area contributed by atoms with Crippen LogP contribution in [0.5, 0.6) is 0 Å². The fourth-order valence-corrected chi connectivity index (χ4v) is 5.23. The number of amides is 1. The van der Waals surface area contributed by atoms with Gasteiger partial charge in [0.05, 0.1) is 17.9 Å². The molecule has 5 unspecified atom stereocenters. The van der Waals surface area contributed by atoms with Gasteiger partial charge in [0.1, 0.15) is 0 Å². The minimum atomic E-state index is 0.0276. The van der Waals surface area contributed by atoms with Gasteiger partial charge in [0.2, 0.25) is 5.91 Å². The van der Waals surface area contributed by atoms with E-state index in [2.05, 4.69) is 5.32 Å². The van der Waals surface area contributed by atoms with Gasteiger partial charge in [0.25, 0.3) is 0 Å². The molecule has 0 radical (unpaired) electrons. The molecular formula is C14H20N2O2S. The molecule has 0 aromatic rings. The Morgan fingerprint density at radius 2 is 2.16 bits per heavy atom. The van der Waals surface area contributed by atoms with Crippen molar-refractivity contribution in [1.82, 2.24) is 5.32 Å². The van der Waals surface area contributed by atoms with Crippen LogP contribution in [0.1, 0.15) is 32.1 Å². The lowest BCUT2D eigenvalue weighted by atomic mass is 9.96. The highest BCUT2D eigenvalue weighted by Gasteiger charge is 2.42. The average Bonchev–Trinajstić information content (AvgIpc) is 3.12. The molecule has 2 saturated carbocycles. The van der Waals surface area contributed by atoms with Crippen LogP contribution in [0, 0.1) is 17.8 Å². The summed E-state index contributed by atoms with van der Waals surface area (Å²) in [5.74, 6) is 2.20. The minimum Gasteiger partial charge on any atom is -0.381 e. The summed E-state index contributed by atoms with van der Waals surface area (Å²) >= 11 is 1.64. The summed E-state index contributed by atoms with van der Waals surface area (Å²) in [7, 11) is 0. The van der Waals surface area contributed by atoms with Crippen LogP contribution >= 0.6 is 11.8 Å². The van der Waals surface area contributed by atoms with E-state index in [0.717, 1.165) is 36.6 Å². The van der Waals surface area contributed by atoms with E-state index in [1.54, 1.807) is 11.8 Å². The molecule has 4 aliphatic rings. The molecule has 2 aliphatic heterocycles. The predicted octanol–water partition coefficient (Wildman–Crippen LogP) is 1.80. The Kier molecular flexibility index (Phi) is 3.07. The molecule has 104 valence electrons. The first kappa shape index (κ1) is 12.2. The van der Waals surface area contributed by atoms with Crippen LogP contribution in [0.4, 0.5) is 0 Å². The quantitative estimate of drug-likeness (QED) is 0.839. The third-order valence-corrected chi connectivity index (χ3v) is 6.39. The molecule has 4 fully saturated rings. The number of carbonyl (C=O) groups excluding carboxylic acids is 1. The highest BCUT2D eigenvalue weighted by Crippen LogP contribution is 2.46. The summed E-state index contributed by atoms with van der Waals surface area (Å²) in [6.07, 6.45) is 6.34. The molecule has 1 N–H and O–H groups in total. The number of nitrogens with zero attached hydrogens (tertiary/aromatic N) is 1. The SMILES string of the molecule is O=C1NC(=NC2CC3CCC2C3)SC1C1CCOC1. The Hall–Kier alpha value is -0.550. The molecular weight excluding hydrogens is 260 g/mol. The Bertz CT molecular complexity index is 420. The van der Waals surface area contributed by atoms with Gasteiger partial charge >= 0.3 is 0 Å². The fourth-order valence-electron chi connectivity index (χ4n) is 4.06. The molecule has 0 aromatic heterocycles. The van der Waals surface area contributed by atoms with Crippen molar-refractivity contribution in [3.05, 3.63) is 0 Å². The highest BCUT2D eigenvalue weighted by atomic mass is 32.2. The predicted molar refractivity (Wildman–Crippen MR) is 75.1 cm³/mol. The Morgan fingerprint density at radius 1 is 1.21 bits per heavy atom. The molecule has 5 heteroatoms. The number of amidine groups is 1. The maximum atomic E-state index is 12.0. The van der Waals surface area contributed by atoms with E-state index in [-0.39, 0.29) is 11.2 Å². The number of carbonyl (C=O) groups is 1. The maximum Gasteiger partial charge on any atom is 0.239 e. The fraction of sp³-hybridized carbons (Fsp3) is 0.857. The number of hydrogen-bond donors (Lipinski definition) is 1. The molecule has 4 rings (SSSR count). The zero-order chi connectivity index (χ0) is 12.8. The molecule has 2 aliphatic carbocycles. The number of thioether (sulfide) groups is 1. The number of nitrogens with one attached hydrogen (secondary N) is 1. The van der Waals surface area contributed by atoms with Crippen molar-refractivity contribution >= 4 is 22.8 Å². The van der Waals surface area contributed by atoms with Crippen molar-refractivity contribution in [1.29, 1.82) is 0 Å². The van der Waals surface area contributed by atoms with E-state index in [0.29, 0.717) is 12.0 Å². The van der Waals surface area contributed by atoms with Gasteiger partial charge in [-0.3, -0.25) is 9.79 Å². The first-order valence-corrected chi connectivity index (χ1v) is 8.30. The molecule has 4 nitrogen and oxygen atoms in total. The van der Waals surface area contributed by atoms with E-state index in [9.17, 15) is 4.79 Å². The molecule has 0 spiro atoms. The van der Waals surface area contributed by atoms with Gasteiger partial charge in [-0.25, -0.2) is 0 Å². The first-order chi connectivity index (χ1) is 9.29. The largest absolute Gasteiger partial charge is 0.381 e. The van der Waals surface area contributed by atoms with Crippen LogP contribution in [-0.4, -0.2) is 35.6 Å². The summed E-state index contributed by atoms with van der Waals surface area (Å²) in [4.78, 5) is 16.9. The van der Waals surface area contributed by atoms with Gasteiger partial charge in [-0.1, -0.05) is 18.2 Å². The van der Waals surface area contributed by atoms with E-state index in [4.69, 9.17) is 9.73 Å². The molecule has 2 bridgehead atoms. The average molecular weight is 280 g/mol. The van der Waals surface area contributed by atoms with Crippen LogP contribution in [0.3, 0.4) is 0 Å². The molecule has 1 amide bonds. The second-order valence-corrected chi connectivity index (χ2v) is 7.46. The van der Waals surface area contributed by atoms with Crippen LogP contribution in [0.2, 0.25) is 0 Å². The lowest BCUT2D eigenvalue weighted by Crippen LogP contribution is -2.30. The highest BCUT2D eigenvalue weighted by molar-refractivity contribution is 8.15. The number of aliphatic imine (C=N–C) groups is 1. The monoisotopic (exact) mass is 280 g/mol. The van der Waals surface area contributed by atoms with Crippen molar-refractivity contribution in [2.75, 3.05) is 13.2 Å². The molecule has 19 heavy (non-hydrogen) atoms. The molecule has 2 heterocycles. The van der Waals surface area contributed by atoms with Crippen LogP contribution < -0.4 is 5.32 Å². The summed E-state index contributed by atoms with van der Waals surface area (Å²) < 4.78 is 5.39. The smallest absolute Gasteiger partial charge is 0.239 e. The maximum absolute atomic E-state index is 12.0. The Balaban J connectivity index is 1.44. The minimum absolute atomic E-state index is 0.0276. The second-order valence-electron chi connectivity index (χ2n) is 6.33. The number of hydrogen-bond acceptors (Lipinski definition) is 4. The van der Waals surface area contributed by atoms with E-state index >= 15 is 0 Å². The van der Waals surface area contributed by atoms with Crippen molar-refractivity contribution in [2.45, 2.75) is 43.4 Å². The summed E-state index contributed by atoms with van der Waals surface area (Å²) in [6.45, 7) is 1.53. The third-order valence-electron chi connectivity index (χ3n) is 5.10. The first-order valence-electron chi connectivity index (χ1n) is 7.42. The standard InChI is InChI=1S/C14H20N2O2S/c17-13-12(10-3-4-18-7-10)19-14(16-13)15-11-6-8-1-2-9(11)5-8/h8-12H,1-7H2,(H,15,16,17). The van der Waals surface area contributed by atoms with E-state index in [1.165, 1.54) is 25.7 Å². The van der Waals surface area contributed by atoms with Gasteiger partial charge in [0, 0.05) is 12.5 Å². The lowest BCUT2D eigenvalue weighted by molar-refractivity contribution is -0.119. The normalized spacial score (nSPS) is 47.3. The van der Waals surface area contributed by atoms with Crippen LogP contribution in [-0.2, 0) is 9.53 Å². The van der Waals surface area contributed by atoms with Crippen molar-refractivity contribution in [3.63, 3.8) is 0 Å². The van der Waals surface area contributed by atoms with Gasteiger partial charge in [-0.15, -0.1) is 0 Å². The van der Waals surface area contributed by atoms with Crippen molar-refractivity contribution in [2.24, 2.45) is 22.7 Å². The Labute approximate surface area is 117 Å². The van der Waals surface area contributed by atoms with Gasteiger partial charge < -0.3 is 10.1 Å². The zero-order valence-corrected chi connectivity index (χ0v) is 11.8.